The van der Waals surface area contributed by atoms with Crippen LogP contribution in [-0.2, 0) is 0 Å². The van der Waals surface area contributed by atoms with Gasteiger partial charge < -0.3 is 0 Å². The molecule has 1 heteroatoms. The van der Waals surface area contributed by atoms with E-state index in [2.05, 4.69) is 29.8 Å². The molecular weight excluding hydrogens is 164 g/mol. The predicted octanol–water partition coefficient (Wildman–Crippen LogP) is 3.60. The van der Waals surface area contributed by atoms with Crippen LogP contribution in [0.5, 0.6) is 0 Å². The largest absolute Gasteiger partial charge is 0.0931 e. The van der Waals surface area contributed by atoms with E-state index in [1.54, 1.807) is 0 Å². The highest BCUT2D eigenvalue weighted by atomic mass is 79.9. The van der Waals surface area contributed by atoms with Crippen molar-refractivity contribution < 1.29 is 0 Å². The second-order valence-corrected chi connectivity index (χ2v) is 2.74. The lowest BCUT2D eigenvalue weighted by atomic mass is 10.3. The third-order valence-electron chi connectivity index (χ3n) is 0.707. The highest BCUT2D eigenvalue weighted by Gasteiger charge is 1.68. The van der Waals surface area contributed by atoms with Gasteiger partial charge in [0.15, 0.2) is 0 Å². The molecule has 0 atom stereocenters. The molecule has 0 heterocycles. The summed E-state index contributed by atoms with van der Waals surface area (Å²) in [5, 5.41) is 1.06. The first-order valence-corrected chi connectivity index (χ1v) is 4.51. The van der Waals surface area contributed by atoms with E-state index in [4.69, 9.17) is 0 Å². The minimum absolute atomic E-state index is 1.06. The Kier molecular flexibility index (Phi) is 22.1. The first kappa shape index (κ1) is 11.3. The van der Waals surface area contributed by atoms with Crippen molar-refractivity contribution in [3.8, 4) is 0 Å². The number of unbranched alkanes of at least 4 members (excludes halogenated alkanes) is 2. The Labute approximate surface area is 61.8 Å². The monoisotopic (exact) mass is 180 g/mol. The van der Waals surface area contributed by atoms with Crippen molar-refractivity contribution in [1.82, 2.24) is 0 Å². The first-order chi connectivity index (χ1) is 3.83. The number of hydrogen-bond donors (Lipinski definition) is 0. The van der Waals surface area contributed by atoms with Crippen LogP contribution in [0.15, 0.2) is 0 Å². The summed E-state index contributed by atoms with van der Waals surface area (Å²) in [6.45, 7) is 6.47. The normalized spacial score (nSPS) is 7.50. The van der Waals surface area contributed by atoms with Crippen molar-refractivity contribution in [2.24, 2.45) is 0 Å². The van der Waals surface area contributed by atoms with Crippen LogP contribution in [0.3, 0.4) is 0 Å². The summed E-state index contributed by atoms with van der Waals surface area (Å²) in [5.74, 6) is 0. The van der Waals surface area contributed by atoms with E-state index in [0.717, 1.165) is 5.33 Å². The molecule has 0 aromatic rings. The molecule has 0 aliphatic heterocycles. The molecule has 0 N–H and O–H groups in total. The zero-order chi connectivity index (χ0) is 6.83. The Morgan fingerprint density at radius 3 is 1.25 bits per heavy atom. The van der Waals surface area contributed by atoms with Crippen molar-refractivity contribution >= 4 is 15.9 Å². The van der Waals surface area contributed by atoms with Crippen LogP contribution in [0, 0.1) is 0 Å². The molecule has 0 bridgehead atoms. The molecule has 0 saturated carbocycles. The minimum atomic E-state index is 1.06. The summed E-state index contributed by atoms with van der Waals surface area (Å²) in [6.07, 6.45) is 4.08. The summed E-state index contributed by atoms with van der Waals surface area (Å²) < 4.78 is 0. The van der Waals surface area contributed by atoms with Crippen molar-refractivity contribution in [2.45, 2.75) is 40.0 Å². The molecule has 0 saturated heterocycles. The molecule has 0 aliphatic carbocycles. The molecule has 0 amide bonds. The van der Waals surface area contributed by atoms with Crippen molar-refractivity contribution in [2.75, 3.05) is 5.33 Å². The molecule has 0 aromatic heterocycles. The van der Waals surface area contributed by atoms with Gasteiger partial charge in [-0.2, -0.15) is 0 Å². The zero-order valence-corrected chi connectivity index (χ0v) is 7.79. The minimum Gasteiger partial charge on any atom is -0.0931 e. The maximum absolute atomic E-state index is 3.15. The van der Waals surface area contributed by atoms with Crippen LogP contribution in [0.25, 0.3) is 0 Å². The first-order valence-electron chi connectivity index (χ1n) is 3.39. The lowest BCUT2D eigenvalue weighted by Crippen LogP contribution is -1.59. The number of halogens is 1. The summed E-state index contributed by atoms with van der Waals surface area (Å²) in [4.78, 5) is 0. The quantitative estimate of drug-likeness (QED) is 0.571. The lowest BCUT2D eigenvalue weighted by Gasteiger charge is -1.79. The summed E-state index contributed by atoms with van der Waals surface area (Å²) in [7, 11) is 0. The van der Waals surface area contributed by atoms with Gasteiger partial charge in [0.25, 0.3) is 0 Å². The summed E-state index contributed by atoms with van der Waals surface area (Å²) >= 11 is 3.15. The van der Waals surface area contributed by atoms with Crippen LogP contribution in [0.1, 0.15) is 40.0 Å². The molecule has 0 fully saturated rings. The fourth-order valence-electron chi connectivity index (χ4n) is 0.354. The Balaban J connectivity index is 0. The fraction of sp³-hybridized carbons (Fsp3) is 1.00. The molecule has 0 spiro atoms. The predicted molar refractivity (Wildman–Crippen MR) is 44.7 cm³/mol. The van der Waals surface area contributed by atoms with Gasteiger partial charge >= 0.3 is 0 Å². The molecule has 52 valence electrons. The van der Waals surface area contributed by atoms with Crippen LogP contribution >= 0.6 is 15.9 Å². The highest BCUT2D eigenvalue weighted by Crippen LogP contribution is 1.88. The van der Waals surface area contributed by atoms with E-state index in [1.165, 1.54) is 19.3 Å². The van der Waals surface area contributed by atoms with Gasteiger partial charge in [-0.25, -0.2) is 0 Å². The molecular formula is C7H17Br. The van der Waals surface area contributed by atoms with Gasteiger partial charge in [0.05, 0.1) is 0 Å². The third-order valence-corrected chi connectivity index (χ3v) is 0.707. The van der Waals surface area contributed by atoms with Gasteiger partial charge in [0, 0.05) is 5.33 Å². The van der Waals surface area contributed by atoms with Gasteiger partial charge in [-0.1, -0.05) is 56.0 Å². The van der Waals surface area contributed by atoms with E-state index in [-0.39, 0.29) is 0 Å². The Morgan fingerprint density at radius 1 is 1.00 bits per heavy atom. The van der Waals surface area contributed by atoms with Crippen molar-refractivity contribution in [3.05, 3.63) is 0 Å². The Hall–Kier alpha value is 0.480. The maximum atomic E-state index is 3.15. The number of alkyl halides is 1. The van der Waals surface area contributed by atoms with Crippen LogP contribution < -0.4 is 0 Å². The number of hydrogen-bond acceptors (Lipinski definition) is 0. The second kappa shape index (κ2) is 15.6. The fourth-order valence-corrected chi connectivity index (χ4v) is 0.354. The van der Waals surface area contributed by atoms with Crippen LogP contribution in [0.2, 0.25) is 0 Å². The Morgan fingerprint density at radius 2 is 1.25 bits per heavy atom. The van der Waals surface area contributed by atoms with Gasteiger partial charge in [-0.05, 0) is 0 Å². The van der Waals surface area contributed by atoms with Crippen LogP contribution in [-0.4, -0.2) is 5.33 Å². The molecule has 0 radical (unpaired) electrons. The molecule has 8 heavy (non-hydrogen) atoms. The molecule has 0 aliphatic rings. The van der Waals surface area contributed by atoms with E-state index in [9.17, 15) is 0 Å². The SMILES string of the molecule is CCBr.CCCCC. The second-order valence-electron chi connectivity index (χ2n) is 1.62. The zero-order valence-electron chi connectivity index (χ0n) is 6.21. The Bertz CT molecular complexity index is 18.3. The lowest BCUT2D eigenvalue weighted by molar-refractivity contribution is 0.772. The van der Waals surface area contributed by atoms with Gasteiger partial charge in [0.1, 0.15) is 0 Å². The van der Waals surface area contributed by atoms with Crippen molar-refractivity contribution in [1.29, 1.82) is 0 Å². The number of rotatable bonds is 2. The standard InChI is InChI=1S/C5H12.C2H5Br/c1-3-5-4-2;1-2-3/h3-5H2,1-2H3;2H2,1H3. The molecule has 0 nitrogen and oxygen atoms in total. The van der Waals surface area contributed by atoms with Crippen molar-refractivity contribution in [3.63, 3.8) is 0 Å². The average Bonchev–Trinajstić information content (AvgIpc) is 1.71. The maximum Gasteiger partial charge on any atom is 0.000281 e. The van der Waals surface area contributed by atoms with Gasteiger partial charge in [0.2, 0.25) is 0 Å². The summed E-state index contributed by atoms with van der Waals surface area (Å²) in [5.41, 5.74) is 0. The van der Waals surface area contributed by atoms with E-state index >= 15 is 0 Å². The van der Waals surface area contributed by atoms with E-state index in [0.29, 0.717) is 0 Å². The van der Waals surface area contributed by atoms with Crippen LogP contribution in [0.4, 0.5) is 0 Å². The van der Waals surface area contributed by atoms with Gasteiger partial charge in [-0.15, -0.1) is 0 Å². The molecule has 0 unspecified atom stereocenters. The van der Waals surface area contributed by atoms with E-state index < -0.39 is 0 Å². The topological polar surface area (TPSA) is 0 Å². The van der Waals surface area contributed by atoms with E-state index in [1.807, 2.05) is 6.92 Å². The average molecular weight is 181 g/mol. The van der Waals surface area contributed by atoms with Gasteiger partial charge in [-0.3, -0.25) is 0 Å². The highest BCUT2D eigenvalue weighted by molar-refractivity contribution is 9.09. The molecule has 0 aromatic carbocycles. The third kappa shape index (κ3) is 31.6. The molecule has 0 rings (SSSR count). The smallest absolute Gasteiger partial charge is 0.000281 e. The summed E-state index contributed by atoms with van der Waals surface area (Å²) in [6, 6.07) is 0.